The van der Waals surface area contributed by atoms with Crippen LogP contribution in [0, 0.1) is 0 Å². The number of anilines is 1. The third-order valence-corrected chi connectivity index (χ3v) is 2.64. The van der Waals surface area contributed by atoms with Gasteiger partial charge in [-0.15, -0.1) is 0 Å². The van der Waals surface area contributed by atoms with Crippen LogP contribution < -0.4 is 5.32 Å². The number of carbonyl (C=O) groups is 2. The Balaban J connectivity index is 2.79. The third-order valence-electron chi connectivity index (χ3n) is 2.64. The van der Waals surface area contributed by atoms with Gasteiger partial charge in [-0.05, 0) is 44.2 Å². The molecule has 0 aromatic heterocycles. The van der Waals surface area contributed by atoms with Gasteiger partial charge in [0.05, 0.1) is 0 Å². The number of nitrogens with one attached hydrogen (secondary N) is 1. The van der Waals surface area contributed by atoms with Crippen LogP contribution in [0.1, 0.15) is 24.2 Å². The molecule has 1 aromatic carbocycles. The van der Waals surface area contributed by atoms with Crippen LogP contribution in [0.4, 0.5) is 5.69 Å². The summed E-state index contributed by atoms with van der Waals surface area (Å²) in [5.74, 6) is -0.264. The minimum absolute atomic E-state index is 0.00148. The molecule has 0 heterocycles. The molecule has 1 aromatic rings. The van der Waals surface area contributed by atoms with Crippen LogP contribution in [0.3, 0.4) is 0 Å². The van der Waals surface area contributed by atoms with E-state index in [0.29, 0.717) is 24.3 Å². The van der Waals surface area contributed by atoms with Crippen LogP contribution in [0.5, 0.6) is 0 Å². The molecule has 18 heavy (non-hydrogen) atoms. The lowest BCUT2D eigenvalue weighted by molar-refractivity contribution is -0.111. The second-order valence-corrected chi connectivity index (χ2v) is 3.75. The van der Waals surface area contributed by atoms with E-state index in [1.54, 1.807) is 29.2 Å². The van der Waals surface area contributed by atoms with Crippen molar-refractivity contribution >= 4 is 17.5 Å². The van der Waals surface area contributed by atoms with Crippen molar-refractivity contribution in [2.45, 2.75) is 13.8 Å². The Labute approximate surface area is 107 Å². The summed E-state index contributed by atoms with van der Waals surface area (Å²) in [5, 5.41) is 2.63. The zero-order valence-corrected chi connectivity index (χ0v) is 10.8. The summed E-state index contributed by atoms with van der Waals surface area (Å²) in [6.45, 7) is 8.63. The standard InChI is InChI=1S/C14H18N2O2/c1-4-13(17)15-12-9-7-11(8-10-12)14(18)16(5-2)6-3/h4,7-10H,1,5-6H2,2-3H3,(H,15,17). The van der Waals surface area contributed by atoms with Crippen molar-refractivity contribution < 1.29 is 9.59 Å². The van der Waals surface area contributed by atoms with Crippen molar-refractivity contribution in [1.82, 2.24) is 4.90 Å². The first-order valence-electron chi connectivity index (χ1n) is 5.95. The van der Waals surface area contributed by atoms with Gasteiger partial charge in [-0.1, -0.05) is 6.58 Å². The van der Waals surface area contributed by atoms with Gasteiger partial charge in [-0.3, -0.25) is 9.59 Å². The predicted octanol–water partition coefficient (Wildman–Crippen LogP) is 2.29. The van der Waals surface area contributed by atoms with E-state index >= 15 is 0 Å². The summed E-state index contributed by atoms with van der Waals surface area (Å²) in [6.07, 6.45) is 1.20. The molecule has 4 heteroatoms. The van der Waals surface area contributed by atoms with Gasteiger partial charge in [0.25, 0.3) is 5.91 Å². The average molecular weight is 246 g/mol. The molecule has 0 fully saturated rings. The fraction of sp³-hybridized carbons (Fsp3) is 0.286. The van der Waals surface area contributed by atoms with E-state index in [1.807, 2.05) is 13.8 Å². The molecule has 96 valence electrons. The Kier molecular flexibility index (Phi) is 5.11. The van der Waals surface area contributed by atoms with Crippen LogP contribution in [-0.2, 0) is 4.79 Å². The molecule has 0 spiro atoms. The lowest BCUT2D eigenvalue weighted by Crippen LogP contribution is -2.30. The van der Waals surface area contributed by atoms with Crippen LogP contribution in [0.15, 0.2) is 36.9 Å². The highest BCUT2D eigenvalue weighted by atomic mass is 16.2. The van der Waals surface area contributed by atoms with Crippen molar-refractivity contribution in [2.24, 2.45) is 0 Å². The largest absolute Gasteiger partial charge is 0.339 e. The second-order valence-electron chi connectivity index (χ2n) is 3.75. The Bertz CT molecular complexity index is 434. The normalized spacial score (nSPS) is 9.67. The van der Waals surface area contributed by atoms with Gasteiger partial charge in [0, 0.05) is 24.3 Å². The van der Waals surface area contributed by atoms with Crippen molar-refractivity contribution in [3.63, 3.8) is 0 Å². The minimum atomic E-state index is -0.266. The van der Waals surface area contributed by atoms with Crippen molar-refractivity contribution in [3.8, 4) is 0 Å². The molecule has 1 rings (SSSR count). The fourth-order valence-corrected chi connectivity index (χ4v) is 1.58. The van der Waals surface area contributed by atoms with Crippen molar-refractivity contribution in [2.75, 3.05) is 18.4 Å². The molecule has 0 saturated heterocycles. The summed E-state index contributed by atoms with van der Waals surface area (Å²) in [6, 6.07) is 6.83. The van der Waals surface area contributed by atoms with Gasteiger partial charge < -0.3 is 10.2 Å². The molecule has 0 unspecified atom stereocenters. The summed E-state index contributed by atoms with van der Waals surface area (Å²) in [4.78, 5) is 24.9. The van der Waals surface area contributed by atoms with Gasteiger partial charge >= 0.3 is 0 Å². The number of hydrogen-bond acceptors (Lipinski definition) is 2. The number of rotatable bonds is 5. The first kappa shape index (κ1) is 14.0. The van der Waals surface area contributed by atoms with E-state index in [9.17, 15) is 9.59 Å². The molecular weight excluding hydrogens is 228 g/mol. The Morgan fingerprint density at radius 3 is 2.22 bits per heavy atom. The number of benzene rings is 1. The number of amides is 2. The topological polar surface area (TPSA) is 49.4 Å². The number of carbonyl (C=O) groups excluding carboxylic acids is 2. The van der Waals surface area contributed by atoms with Gasteiger partial charge in [0.1, 0.15) is 0 Å². The molecule has 0 radical (unpaired) electrons. The van der Waals surface area contributed by atoms with E-state index < -0.39 is 0 Å². The summed E-state index contributed by atoms with van der Waals surface area (Å²) >= 11 is 0. The summed E-state index contributed by atoms with van der Waals surface area (Å²) in [5.41, 5.74) is 1.27. The number of hydrogen-bond donors (Lipinski definition) is 1. The molecule has 0 aliphatic heterocycles. The lowest BCUT2D eigenvalue weighted by atomic mass is 10.2. The first-order chi connectivity index (χ1) is 8.62. The first-order valence-corrected chi connectivity index (χ1v) is 5.95. The highest BCUT2D eigenvalue weighted by molar-refractivity contribution is 5.99. The van der Waals surface area contributed by atoms with Gasteiger partial charge in [-0.25, -0.2) is 0 Å². The van der Waals surface area contributed by atoms with Crippen LogP contribution in [-0.4, -0.2) is 29.8 Å². The highest BCUT2D eigenvalue weighted by Gasteiger charge is 2.11. The highest BCUT2D eigenvalue weighted by Crippen LogP contribution is 2.11. The molecule has 0 saturated carbocycles. The van der Waals surface area contributed by atoms with Crippen LogP contribution in [0.25, 0.3) is 0 Å². The summed E-state index contributed by atoms with van der Waals surface area (Å²) in [7, 11) is 0. The molecule has 1 N–H and O–H groups in total. The molecule has 2 amide bonds. The quantitative estimate of drug-likeness (QED) is 0.810. The van der Waals surface area contributed by atoms with Gasteiger partial charge in [-0.2, -0.15) is 0 Å². The third kappa shape index (κ3) is 3.45. The minimum Gasteiger partial charge on any atom is -0.339 e. The van der Waals surface area contributed by atoms with E-state index in [0.717, 1.165) is 0 Å². The average Bonchev–Trinajstić information content (AvgIpc) is 2.40. The molecule has 0 bridgehead atoms. The molecule has 0 atom stereocenters. The van der Waals surface area contributed by atoms with Crippen LogP contribution in [0.2, 0.25) is 0 Å². The maximum Gasteiger partial charge on any atom is 0.253 e. The molecule has 0 aliphatic carbocycles. The molecule has 0 aliphatic rings. The molecular formula is C14H18N2O2. The predicted molar refractivity (Wildman–Crippen MR) is 72.5 cm³/mol. The monoisotopic (exact) mass is 246 g/mol. The lowest BCUT2D eigenvalue weighted by Gasteiger charge is -2.18. The number of nitrogens with zero attached hydrogens (tertiary/aromatic N) is 1. The molecule has 4 nitrogen and oxygen atoms in total. The second kappa shape index (κ2) is 6.59. The SMILES string of the molecule is C=CC(=O)Nc1ccc(C(=O)N(CC)CC)cc1. The Hall–Kier alpha value is -2.10. The van der Waals surface area contributed by atoms with E-state index in [-0.39, 0.29) is 11.8 Å². The van der Waals surface area contributed by atoms with Crippen molar-refractivity contribution in [3.05, 3.63) is 42.5 Å². The van der Waals surface area contributed by atoms with Gasteiger partial charge in [0.15, 0.2) is 0 Å². The summed E-state index contributed by atoms with van der Waals surface area (Å²) < 4.78 is 0. The smallest absolute Gasteiger partial charge is 0.253 e. The van der Waals surface area contributed by atoms with E-state index in [4.69, 9.17) is 0 Å². The van der Waals surface area contributed by atoms with Crippen LogP contribution >= 0.6 is 0 Å². The van der Waals surface area contributed by atoms with E-state index in [2.05, 4.69) is 11.9 Å². The van der Waals surface area contributed by atoms with Crippen molar-refractivity contribution in [1.29, 1.82) is 0 Å². The van der Waals surface area contributed by atoms with E-state index in [1.165, 1.54) is 6.08 Å². The maximum atomic E-state index is 12.0. The zero-order valence-electron chi connectivity index (χ0n) is 10.8. The zero-order chi connectivity index (χ0) is 13.5. The fourth-order valence-electron chi connectivity index (χ4n) is 1.58. The Morgan fingerprint density at radius 2 is 1.78 bits per heavy atom. The Morgan fingerprint density at radius 1 is 1.22 bits per heavy atom. The maximum absolute atomic E-state index is 12.0. The van der Waals surface area contributed by atoms with Gasteiger partial charge in [0.2, 0.25) is 5.91 Å².